The quantitative estimate of drug-likeness (QED) is 0.165. The van der Waals surface area contributed by atoms with Crippen LogP contribution in [-0.4, -0.2) is 0 Å². The monoisotopic (exact) mass is 946 g/mol. The van der Waals surface area contributed by atoms with Gasteiger partial charge in [-0.15, -0.1) is 0 Å². The van der Waals surface area contributed by atoms with E-state index in [2.05, 4.69) is 279 Å². The molecule has 0 nitrogen and oxygen atoms in total. The van der Waals surface area contributed by atoms with E-state index in [0.717, 1.165) is 0 Å². The molecule has 346 valence electrons. The van der Waals surface area contributed by atoms with E-state index in [0.29, 0.717) is 0 Å². The first-order valence-electron chi connectivity index (χ1n) is 26.5. The lowest BCUT2D eigenvalue weighted by atomic mass is 9.67. The summed E-state index contributed by atoms with van der Waals surface area (Å²) in [7, 11) is 0. The molecule has 0 fully saturated rings. The number of hydrogen-bond acceptors (Lipinski definition) is 0. The molecule has 12 aromatic carbocycles. The van der Waals surface area contributed by atoms with Gasteiger partial charge in [-0.1, -0.05) is 273 Å². The average Bonchev–Trinajstić information content (AvgIpc) is 4.30. The van der Waals surface area contributed by atoms with E-state index in [-0.39, 0.29) is 10.8 Å². The van der Waals surface area contributed by atoms with Gasteiger partial charge in [-0.25, -0.2) is 0 Å². The van der Waals surface area contributed by atoms with Crippen LogP contribution in [0.5, 0.6) is 0 Å². The van der Waals surface area contributed by atoms with Crippen LogP contribution in [0, 0.1) is 0 Å². The summed E-state index contributed by atoms with van der Waals surface area (Å²) in [5.74, 6) is 0. The summed E-state index contributed by atoms with van der Waals surface area (Å²) < 4.78 is 0. The molecule has 0 saturated heterocycles. The zero-order chi connectivity index (χ0) is 49.0. The van der Waals surface area contributed by atoms with Gasteiger partial charge in [-0.05, 0) is 151 Å². The van der Waals surface area contributed by atoms with Crippen molar-refractivity contribution in [2.45, 2.75) is 16.2 Å². The van der Waals surface area contributed by atoms with Crippen LogP contribution in [0.15, 0.2) is 279 Å². The minimum atomic E-state index is -0.544. The molecule has 0 atom stereocenters. The van der Waals surface area contributed by atoms with Crippen LogP contribution in [0.1, 0.15) is 66.8 Å². The average molecular weight is 947 g/mol. The first kappa shape index (κ1) is 41.1. The van der Waals surface area contributed by atoms with E-state index in [9.17, 15) is 0 Å². The Hall–Kier alpha value is -9.36. The van der Waals surface area contributed by atoms with Crippen LogP contribution in [0.25, 0.3) is 77.9 Å². The summed E-state index contributed by atoms with van der Waals surface area (Å²) >= 11 is 0. The van der Waals surface area contributed by atoms with Gasteiger partial charge in [0.25, 0.3) is 0 Å². The van der Waals surface area contributed by atoms with Crippen molar-refractivity contribution in [1.82, 2.24) is 0 Å². The second-order valence-electron chi connectivity index (χ2n) is 21.3. The van der Waals surface area contributed by atoms with Crippen molar-refractivity contribution in [1.29, 1.82) is 0 Å². The van der Waals surface area contributed by atoms with Crippen molar-refractivity contribution in [2.75, 3.05) is 0 Å². The number of benzene rings is 12. The van der Waals surface area contributed by atoms with Gasteiger partial charge >= 0.3 is 0 Å². The minimum Gasteiger partial charge on any atom is -0.0619 e. The molecule has 0 aromatic heterocycles. The molecular formula is C75H46. The molecule has 0 amide bonds. The lowest BCUT2D eigenvalue weighted by molar-refractivity contribution is 0.768. The van der Waals surface area contributed by atoms with E-state index >= 15 is 0 Å². The Morgan fingerprint density at radius 1 is 0.160 bits per heavy atom. The molecule has 0 unspecified atom stereocenters. The highest BCUT2D eigenvalue weighted by atomic mass is 14.5. The Bertz CT molecular complexity index is 4260. The van der Waals surface area contributed by atoms with E-state index in [1.54, 1.807) is 0 Å². The Balaban J connectivity index is 0.820. The summed E-state index contributed by atoms with van der Waals surface area (Å²) in [5.41, 5.74) is 32.9. The zero-order valence-electron chi connectivity index (χ0n) is 41.1. The van der Waals surface area contributed by atoms with Crippen LogP contribution in [0.3, 0.4) is 0 Å². The first-order chi connectivity index (χ1) is 37.2. The van der Waals surface area contributed by atoms with Crippen LogP contribution in [0.4, 0.5) is 0 Å². The maximum atomic E-state index is 2.50. The highest BCUT2D eigenvalue weighted by Crippen LogP contribution is 2.66. The van der Waals surface area contributed by atoms with Crippen LogP contribution in [0.2, 0.25) is 0 Å². The third kappa shape index (κ3) is 4.98. The van der Waals surface area contributed by atoms with E-state index in [1.165, 1.54) is 145 Å². The molecule has 0 heterocycles. The lowest BCUT2D eigenvalue weighted by Crippen LogP contribution is -2.28. The van der Waals surface area contributed by atoms with Gasteiger partial charge in [-0.2, -0.15) is 0 Å². The fourth-order valence-corrected chi connectivity index (χ4v) is 15.5. The highest BCUT2D eigenvalue weighted by molar-refractivity contribution is 6.01. The Morgan fingerprint density at radius 2 is 0.440 bits per heavy atom. The molecule has 0 aliphatic heterocycles. The second-order valence-corrected chi connectivity index (χ2v) is 21.3. The molecule has 2 spiro atoms. The number of fused-ring (bicyclic) bond motifs is 23. The van der Waals surface area contributed by atoms with Crippen molar-refractivity contribution >= 4 is 0 Å². The van der Waals surface area contributed by atoms with Gasteiger partial charge in [0.05, 0.1) is 16.2 Å². The molecule has 0 radical (unpaired) electrons. The predicted molar refractivity (Wildman–Crippen MR) is 307 cm³/mol. The van der Waals surface area contributed by atoms with E-state index < -0.39 is 5.41 Å². The summed E-state index contributed by atoms with van der Waals surface area (Å²) in [5, 5.41) is 0. The summed E-state index contributed by atoms with van der Waals surface area (Å²) in [4.78, 5) is 0. The van der Waals surface area contributed by atoms with Crippen molar-refractivity contribution in [2.24, 2.45) is 0 Å². The molecule has 12 aromatic rings. The first-order valence-corrected chi connectivity index (χ1v) is 26.5. The lowest BCUT2D eigenvalue weighted by Gasteiger charge is -2.34. The van der Waals surface area contributed by atoms with E-state index in [4.69, 9.17) is 0 Å². The standard InChI is InChI=1S/C75H46/c1-9-27-62-53(18-1)54-19-2-10-28-63(54)73(62,50-41-36-47(37-42-50)49-40-45-60-59-24-7-15-33-68(59)75(71(60)46-49)66-31-13-5-22-57(66)58-23-6-14-32-67(58)75)51-43-38-48(39-44-51)52-26-17-35-70-72(52)61-25-8-16-34-69(61)74(70)64-29-11-3-20-55(64)56-21-4-12-30-65(56)74/h1-46H. The highest BCUT2D eigenvalue weighted by Gasteiger charge is 2.54. The van der Waals surface area contributed by atoms with Crippen molar-refractivity contribution in [3.05, 3.63) is 346 Å². The van der Waals surface area contributed by atoms with Crippen LogP contribution < -0.4 is 0 Å². The molecule has 0 N–H and O–H groups in total. The molecule has 75 heavy (non-hydrogen) atoms. The van der Waals surface area contributed by atoms with Gasteiger partial charge in [0.2, 0.25) is 0 Å². The maximum Gasteiger partial charge on any atom is 0.0725 e. The van der Waals surface area contributed by atoms with Gasteiger partial charge in [0.15, 0.2) is 0 Å². The topological polar surface area (TPSA) is 0 Å². The molecule has 0 bridgehead atoms. The molecule has 0 saturated carbocycles. The van der Waals surface area contributed by atoms with Crippen LogP contribution in [-0.2, 0) is 16.2 Å². The number of hydrogen-bond donors (Lipinski definition) is 0. The molecular weight excluding hydrogens is 901 g/mol. The Labute approximate surface area is 437 Å². The van der Waals surface area contributed by atoms with E-state index in [1.807, 2.05) is 0 Å². The van der Waals surface area contributed by atoms with Crippen molar-refractivity contribution in [3.8, 4) is 77.9 Å². The van der Waals surface area contributed by atoms with Gasteiger partial charge in [-0.3, -0.25) is 0 Å². The minimum absolute atomic E-state index is 0.387. The smallest absolute Gasteiger partial charge is 0.0619 e. The Morgan fingerprint density at radius 3 is 0.853 bits per heavy atom. The predicted octanol–water partition coefficient (Wildman–Crippen LogP) is 18.1. The summed E-state index contributed by atoms with van der Waals surface area (Å²) in [6.07, 6.45) is 0. The second kappa shape index (κ2) is 14.9. The fourth-order valence-electron chi connectivity index (χ4n) is 15.5. The van der Waals surface area contributed by atoms with Crippen molar-refractivity contribution in [3.63, 3.8) is 0 Å². The van der Waals surface area contributed by atoms with Crippen LogP contribution >= 0.6 is 0 Å². The summed E-state index contributed by atoms with van der Waals surface area (Å²) in [6, 6.07) is 106. The third-order valence-electron chi connectivity index (χ3n) is 18.3. The molecule has 0 heteroatoms. The molecule has 5 aliphatic rings. The Kier molecular flexibility index (Phi) is 8.16. The maximum absolute atomic E-state index is 2.50. The molecule has 17 rings (SSSR count). The third-order valence-corrected chi connectivity index (χ3v) is 18.3. The SMILES string of the molecule is c1ccc2c(c1)-c1ccccc1C2(c1ccc(-c2ccc3c(c2)C2(c4ccccc4-c4ccccc42)c2ccccc2-3)cc1)c1ccc(-c2cccc3c2-c2ccccc2C32c3ccccc3-c3ccccc32)cc1. The molecule has 5 aliphatic carbocycles. The number of rotatable bonds is 4. The normalized spacial score (nSPS) is 15.0. The van der Waals surface area contributed by atoms with Gasteiger partial charge < -0.3 is 0 Å². The van der Waals surface area contributed by atoms with Gasteiger partial charge in [0, 0.05) is 0 Å². The van der Waals surface area contributed by atoms with Gasteiger partial charge in [0.1, 0.15) is 0 Å². The zero-order valence-corrected chi connectivity index (χ0v) is 41.1. The largest absolute Gasteiger partial charge is 0.0725 e. The van der Waals surface area contributed by atoms with Crippen molar-refractivity contribution < 1.29 is 0 Å². The fraction of sp³-hybridized carbons (Fsp3) is 0.0400. The summed E-state index contributed by atoms with van der Waals surface area (Å²) in [6.45, 7) is 0.